The van der Waals surface area contributed by atoms with Crippen LogP contribution in [0.25, 0.3) is 0 Å². The van der Waals surface area contributed by atoms with Crippen LogP contribution in [0.4, 0.5) is 0 Å². The van der Waals surface area contributed by atoms with E-state index < -0.39 is 11.5 Å². The molecule has 1 N–H and O–H groups in total. The number of aliphatic hydroxyl groups is 1. The molecule has 0 radical (unpaired) electrons. The Morgan fingerprint density at radius 1 is 1.27 bits per heavy atom. The van der Waals surface area contributed by atoms with Crippen LogP contribution < -0.4 is 0 Å². The van der Waals surface area contributed by atoms with Crippen LogP contribution in [0.2, 0.25) is 0 Å². The predicted molar refractivity (Wildman–Crippen MR) is 122 cm³/mol. The molecule has 0 unspecified atom stereocenters. The van der Waals surface area contributed by atoms with E-state index in [-0.39, 0.29) is 23.6 Å². The van der Waals surface area contributed by atoms with Crippen molar-refractivity contribution >= 4 is 11.8 Å². The third-order valence-electron chi connectivity index (χ3n) is 7.45. The van der Waals surface area contributed by atoms with E-state index >= 15 is 0 Å². The minimum absolute atomic E-state index is 0.0790. The van der Waals surface area contributed by atoms with Crippen LogP contribution in [-0.4, -0.2) is 57.6 Å². The second kappa shape index (κ2) is 8.93. The second-order valence-electron chi connectivity index (χ2n) is 10.1. The summed E-state index contributed by atoms with van der Waals surface area (Å²) in [5.41, 5.74) is 1.00. The van der Waals surface area contributed by atoms with Crippen molar-refractivity contribution in [2.24, 2.45) is 11.3 Å². The van der Waals surface area contributed by atoms with E-state index in [1.807, 2.05) is 35.2 Å². The van der Waals surface area contributed by atoms with Crippen molar-refractivity contribution in [3.63, 3.8) is 0 Å². The van der Waals surface area contributed by atoms with E-state index in [1.165, 1.54) is 0 Å². The van der Waals surface area contributed by atoms with Crippen molar-refractivity contribution in [3.8, 4) is 0 Å². The zero-order valence-electron chi connectivity index (χ0n) is 19.3. The minimum Gasteiger partial charge on any atom is -0.391 e. The number of hydrogen-bond donors (Lipinski definition) is 1. The molecule has 0 bridgehead atoms. The Balaban J connectivity index is 1.40. The van der Waals surface area contributed by atoms with Crippen molar-refractivity contribution in [2.45, 2.75) is 64.0 Å². The number of benzene rings is 1. The average molecular weight is 452 g/mol. The van der Waals surface area contributed by atoms with Gasteiger partial charge in [-0.3, -0.25) is 9.59 Å². The highest BCUT2D eigenvalue weighted by molar-refractivity contribution is 5.93. The number of likely N-dealkylation sites (tertiary alicyclic amines) is 2. The van der Waals surface area contributed by atoms with Crippen LogP contribution in [0.1, 0.15) is 73.3 Å². The van der Waals surface area contributed by atoms with E-state index in [0.29, 0.717) is 38.4 Å². The van der Waals surface area contributed by atoms with Crippen molar-refractivity contribution in [1.82, 2.24) is 15.0 Å². The molecule has 33 heavy (non-hydrogen) atoms. The summed E-state index contributed by atoms with van der Waals surface area (Å²) < 4.78 is 5.33. The number of carbonyl (C=O) groups excluding carboxylic acids is 2. The molecule has 2 amide bonds. The molecule has 1 spiro atoms. The summed E-state index contributed by atoms with van der Waals surface area (Å²) in [4.78, 5) is 30.9. The molecule has 1 aromatic carbocycles. The summed E-state index contributed by atoms with van der Waals surface area (Å²) in [7, 11) is 0. The maximum Gasteiger partial charge on any atom is 0.292 e. The fourth-order valence-corrected chi connectivity index (χ4v) is 5.65. The van der Waals surface area contributed by atoms with Gasteiger partial charge in [0.15, 0.2) is 0 Å². The Labute approximate surface area is 194 Å². The Hall–Kier alpha value is -2.67. The summed E-state index contributed by atoms with van der Waals surface area (Å²) in [5.74, 6) is 0.603. The van der Waals surface area contributed by atoms with Gasteiger partial charge in [-0.15, -0.1) is 0 Å². The average Bonchev–Trinajstić information content (AvgIpc) is 3.52. The number of rotatable bonds is 6. The summed E-state index contributed by atoms with van der Waals surface area (Å²) in [6.07, 6.45) is 5.07. The molecule has 3 heterocycles. The summed E-state index contributed by atoms with van der Waals surface area (Å²) in [5, 5.41) is 15.4. The molecule has 1 saturated carbocycles. The van der Waals surface area contributed by atoms with Gasteiger partial charge in [0.1, 0.15) is 0 Å². The number of hydrogen-bond acceptors (Lipinski definition) is 5. The summed E-state index contributed by atoms with van der Waals surface area (Å²) >= 11 is 0. The molecule has 3 fully saturated rings. The molecule has 7 nitrogen and oxygen atoms in total. The standard InChI is InChI=1S/C26H33N3O4/c1-2-7-20-14-22(33-27-20)24(31)28-13-6-12-26(17-28)15-21(30)23(19-8-4-3-5-9-19)29(25(26)32)16-18-10-11-18/h3-5,8-9,14,18,21,23,30H,2,6-7,10-13,15-17H2,1H3/t21-,23+,26-/m1/s1. The van der Waals surface area contributed by atoms with Crippen molar-refractivity contribution in [1.29, 1.82) is 0 Å². The van der Waals surface area contributed by atoms with Crippen LogP contribution in [-0.2, 0) is 11.2 Å². The molecular formula is C26H33N3O4. The highest BCUT2D eigenvalue weighted by atomic mass is 16.5. The van der Waals surface area contributed by atoms with E-state index in [0.717, 1.165) is 43.4 Å². The molecule has 2 aromatic rings. The van der Waals surface area contributed by atoms with E-state index in [9.17, 15) is 14.7 Å². The molecule has 2 saturated heterocycles. The van der Waals surface area contributed by atoms with Crippen LogP contribution in [0.15, 0.2) is 40.9 Å². The zero-order valence-corrected chi connectivity index (χ0v) is 19.3. The predicted octanol–water partition coefficient (Wildman–Crippen LogP) is 3.59. The Morgan fingerprint density at radius 3 is 2.79 bits per heavy atom. The summed E-state index contributed by atoms with van der Waals surface area (Å²) in [6, 6.07) is 11.2. The van der Waals surface area contributed by atoms with Crippen molar-refractivity contribution in [3.05, 3.63) is 53.4 Å². The first-order valence-electron chi connectivity index (χ1n) is 12.3. The second-order valence-corrected chi connectivity index (χ2v) is 10.1. The Morgan fingerprint density at radius 2 is 2.06 bits per heavy atom. The zero-order chi connectivity index (χ0) is 23.0. The van der Waals surface area contributed by atoms with Crippen molar-refractivity contribution < 1.29 is 19.2 Å². The number of amides is 2. The van der Waals surface area contributed by atoms with Gasteiger partial charge in [0.25, 0.3) is 5.91 Å². The monoisotopic (exact) mass is 451 g/mol. The smallest absolute Gasteiger partial charge is 0.292 e. The molecular weight excluding hydrogens is 418 g/mol. The molecule has 2 aliphatic heterocycles. The SMILES string of the molecule is CCCc1cc(C(=O)N2CCC[C@@]3(C[C@@H](O)[C@H](c4ccccc4)N(CC4CC4)C3=O)C2)on1. The maximum atomic E-state index is 14.0. The Bertz CT molecular complexity index is 1000. The van der Waals surface area contributed by atoms with Gasteiger partial charge >= 0.3 is 0 Å². The van der Waals surface area contributed by atoms with Gasteiger partial charge in [0.2, 0.25) is 11.7 Å². The van der Waals surface area contributed by atoms with Gasteiger partial charge in [-0.1, -0.05) is 48.8 Å². The lowest BCUT2D eigenvalue weighted by Crippen LogP contribution is -2.61. The lowest BCUT2D eigenvalue weighted by atomic mass is 9.69. The summed E-state index contributed by atoms with van der Waals surface area (Å²) in [6.45, 7) is 3.63. The third-order valence-corrected chi connectivity index (χ3v) is 7.45. The highest BCUT2D eigenvalue weighted by Crippen LogP contribution is 2.47. The van der Waals surface area contributed by atoms with E-state index in [4.69, 9.17) is 4.52 Å². The molecule has 3 atom stereocenters. The lowest BCUT2D eigenvalue weighted by molar-refractivity contribution is -0.164. The lowest BCUT2D eigenvalue weighted by Gasteiger charge is -2.52. The highest BCUT2D eigenvalue weighted by Gasteiger charge is 2.54. The topological polar surface area (TPSA) is 86.9 Å². The molecule has 1 aromatic heterocycles. The molecule has 7 heteroatoms. The van der Waals surface area contributed by atoms with Gasteiger partial charge in [-0.25, -0.2) is 0 Å². The molecule has 1 aliphatic carbocycles. The molecule has 176 valence electrons. The first kappa shape index (κ1) is 22.1. The minimum atomic E-state index is -0.750. The van der Waals surface area contributed by atoms with Gasteiger partial charge < -0.3 is 19.4 Å². The molecule has 5 rings (SSSR count). The van der Waals surface area contributed by atoms with Crippen LogP contribution in [0.3, 0.4) is 0 Å². The van der Waals surface area contributed by atoms with Gasteiger partial charge in [0, 0.05) is 25.7 Å². The van der Waals surface area contributed by atoms with Gasteiger partial charge in [-0.05, 0) is 50.0 Å². The van der Waals surface area contributed by atoms with Crippen molar-refractivity contribution in [2.75, 3.05) is 19.6 Å². The fourth-order valence-electron chi connectivity index (χ4n) is 5.65. The van der Waals surface area contributed by atoms with Crippen LogP contribution in [0, 0.1) is 11.3 Å². The number of piperidine rings is 2. The van der Waals surface area contributed by atoms with E-state index in [2.05, 4.69) is 12.1 Å². The third kappa shape index (κ3) is 4.31. The number of aryl methyl sites for hydroxylation is 1. The number of aliphatic hydroxyl groups excluding tert-OH is 1. The number of aromatic nitrogens is 1. The van der Waals surface area contributed by atoms with Gasteiger partial charge in [-0.2, -0.15) is 0 Å². The fraction of sp³-hybridized carbons (Fsp3) is 0.577. The molecule has 3 aliphatic rings. The normalized spacial score (nSPS) is 27.9. The maximum absolute atomic E-state index is 14.0. The number of carbonyl (C=O) groups is 2. The number of nitrogens with zero attached hydrogens (tertiary/aromatic N) is 3. The quantitative estimate of drug-likeness (QED) is 0.725. The largest absolute Gasteiger partial charge is 0.391 e. The van der Waals surface area contributed by atoms with Crippen LogP contribution >= 0.6 is 0 Å². The first-order valence-corrected chi connectivity index (χ1v) is 12.3. The van der Waals surface area contributed by atoms with Crippen LogP contribution in [0.5, 0.6) is 0 Å². The van der Waals surface area contributed by atoms with Gasteiger partial charge in [0.05, 0.1) is 23.3 Å². The first-order chi connectivity index (χ1) is 16.0. The Kier molecular flexibility index (Phi) is 5.99. The van der Waals surface area contributed by atoms with E-state index in [1.54, 1.807) is 11.0 Å².